The topological polar surface area (TPSA) is 123 Å². The van der Waals surface area contributed by atoms with Crippen molar-refractivity contribution in [3.63, 3.8) is 0 Å². The minimum absolute atomic E-state index is 0.206. The monoisotopic (exact) mass is 413 g/mol. The zero-order chi connectivity index (χ0) is 20.6. The number of anilines is 1. The summed E-state index contributed by atoms with van der Waals surface area (Å²) in [6.45, 7) is 3.44. The van der Waals surface area contributed by atoms with Crippen LogP contribution < -0.4 is 10.0 Å². The number of nitrogens with one attached hydrogen (secondary N) is 3. The Hall–Kier alpha value is -2.50. The molecule has 3 rings (SSSR count). The number of rotatable bonds is 5. The van der Waals surface area contributed by atoms with Gasteiger partial charge in [0, 0.05) is 25.1 Å². The minimum Gasteiger partial charge on any atom is -0.511 e. The molecule has 0 spiro atoms. The van der Waals surface area contributed by atoms with Gasteiger partial charge in [-0.2, -0.15) is 0 Å². The normalized spacial score (nSPS) is 23.1. The fourth-order valence-electron chi connectivity index (χ4n) is 3.25. The number of aliphatic hydroxyl groups excluding tert-OH is 2. The molecule has 1 aliphatic rings. The quantitative estimate of drug-likeness (QED) is 0.381. The van der Waals surface area contributed by atoms with Gasteiger partial charge in [-0.15, -0.1) is 0 Å². The Labute approximate surface area is 161 Å². The van der Waals surface area contributed by atoms with E-state index in [1.165, 1.54) is 18.5 Å². The Balaban J connectivity index is 1.95. The highest BCUT2D eigenvalue weighted by atomic mass is 32.2. The molecule has 0 fully saturated rings. The first-order valence-corrected chi connectivity index (χ1v) is 9.96. The predicted octanol–water partition coefficient (Wildman–Crippen LogP) is 2.76. The van der Waals surface area contributed by atoms with Crippen molar-refractivity contribution in [2.24, 2.45) is 7.05 Å². The van der Waals surface area contributed by atoms with E-state index in [1.54, 1.807) is 11.6 Å². The second-order valence-corrected chi connectivity index (χ2v) is 8.33. The van der Waals surface area contributed by atoms with E-state index in [2.05, 4.69) is 21.6 Å². The number of pyridine rings is 1. The van der Waals surface area contributed by atoms with Gasteiger partial charge < -0.3 is 20.1 Å². The van der Waals surface area contributed by atoms with Crippen molar-refractivity contribution in [3.8, 4) is 0 Å². The third-order valence-corrected chi connectivity index (χ3v) is 6.16. The van der Waals surface area contributed by atoms with Gasteiger partial charge in [-0.3, -0.25) is 4.98 Å². The number of aliphatic hydroxyl groups is 2. The maximum absolute atomic E-state index is 12.8. The average Bonchev–Trinajstić information content (AvgIpc) is 2.89. The molecule has 152 valence electrons. The van der Waals surface area contributed by atoms with Gasteiger partial charge in [0.1, 0.15) is 21.4 Å². The van der Waals surface area contributed by atoms with Gasteiger partial charge in [-0.1, -0.05) is 6.58 Å². The number of aromatic nitrogens is 2. The number of aryl methyl sites for hydroxylation is 1. The summed E-state index contributed by atoms with van der Waals surface area (Å²) in [7, 11) is -1.81. The fraction of sp³-hybridized carbons (Fsp3) is 0.353. The lowest BCUT2D eigenvalue weighted by atomic mass is 10.0. The Morgan fingerprint density at radius 2 is 2.29 bits per heavy atom. The van der Waals surface area contributed by atoms with E-state index in [9.17, 15) is 23.2 Å². The molecule has 3 atom stereocenters. The summed E-state index contributed by atoms with van der Waals surface area (Å²) in [5.41, 5.74) is 0.677. The minimum atomic E-state index is -3.44. The van der Waals surface area contributed by atoms with Crippen molar-refractivity contribution in [2.45, 2.75) is 36.4 Å². The van der Waals surface area contributed by atoms with Crippen LogP contribution >= 0.6 is 0 Å². The lowest BCUT2D eigenvalue weighted by Crippen LogP contribution is -2.33. The fourth-order valence-corrected chi connectivity index (χ4v) is 4.89. The molecule has 0 saturated carbocycles. The van der Waals surface area contributed by atoms with Crippen molar-refractivity contribution in [3.05, 3.63) is 53.8 Å². The largest absolute Gasteiger partial charge is 0.511 e. The molecule has 2 unspecified atom stereocenters. The highest BCUT2D eigenvalue weighted by Gasteiger charge is 2.31. The maximum Gasteiger partial charge on any atom is 0.280 e. The van der Waals surface area contributed by atoms with Gasteiger partial charge in [0.15, 0.2) is 6.23 Å². The smallest absolute Gasteiger partial charge is 0.280 e. The van der Waals surface area contributed by atoms with Gasteiger partial charge in [0.25, 0.3) is 6.43 Å². The molecule has 2 aromatic rings. The third kappa shape index (κ3) is 3.86. The van der Waals surface area contributed by atoms with Crippen LogP contribution in [0.2, 0.25) is 0 Å². The number of hydrogen-bond acceptors (Lipinski definition) is 6. The van der Waals surface area contributed by atoms with E-state index >= 15 is 0 Å². The zero-order valence-electron chi connectivity index (χ0n) is 15.0. The molecule has 0 saturated heterocycles. The van der Waals surface area contributed by atoms with Gasteiger partial charge in [0.2, 0.25) is 0 Å². The highest BCUT2D eigenvalue weighted by Crippen LogP contribution is 2.32. The predicted molar refractivity (Wildman–Crippen MR) is 99.3 cm³/mol. The third-order valence-electron chi connectivity index (χ3n) is 4.57. The molecule has 3 heterocycles. The van der Waals surface area contributed by atoms with Crippen molar-refractivity contribution in [1.82, 2.24) is 14.3 Å². The number of fused-ring (bicyclic) bond motifs is 1. The molecule has 28 heavy (non-hydrogen) atoms. The van der Waals surface area contributed by atoms with Crippen LogP contribution in [0.25, 0.3) is 0 Å². The lowest BCUT2D eigenvalue weighted by Gasteiger charge is -2.18. The Morgan fingerprint density at radius 1 is 1.57 bits per heavy atom. The summed E-state index contributed by atoms with van der Waals surface area (Å²) in [6, 6.07) is 1.86. The first-order valence-electron chi connectivity index (χ1n) is 8.40. The van der Waals surface area contributed by atoms with Gasteiger partial charge in [-0.05, 0) is 30.5 Å². The van der Waals surface area contributed by atoms with Crippen molar-refractivity contribution >= 4 is 15.6 Å². The number of hydrogen-bond donors (Lipinski definition) is 5. The SMILES string of the molecule is C=C(O)[C@H]1CCc2c(cn(C)c2C(O)Nc2ccnc(C(F)F)c2)S(=N)(=O)N1. The van der Waals surface area contributed by atoms with Crippen molar-refractivity contribution < 1.29 is 23.2 Å². The van der Waals surface area contributed by atoms with E-state index in [0.717, 1.165) is 6.07 Å². The van der Waals surface area contributed by atoms with Crippen molar-refractivity contribution in [1.29, 1.82) is 4.78 Å². The zero-order valence-corrected chi connectivity index (χ0v) is 15.8. The Kier molecular flexibility index (Phi) is 5.41. The molecule has 0 bridgehead atoms. The van der Waals surface area contributed by atoms with E-state index in [4.69, 9.17) is 4.78 Å². The molecule has 0 aliphatic carbocycles. The molecular formula is C17H21F2N5O3S. The van der Waals surface area contributed by atoms with E-state index in [0.29, 0.717) is 24.1 Å². The lowest BCUT2D eigenvalue weighted by molar-refractivity contribution is 0.146. The first kappa shape index (κ1) is 20.2. The average molecular weight is 413 g/mol. The molecule has 1 aliphatic heterocycles. The second kappa shape index (κ2) is 7.49. The van der Waals surface area contributed by atoms with Crippen molar-refractivity contribution in [2.75, 3.05) is 5.32 Å². The summed E-state index contributed by atoms with van der Waals surface area (Å²) in [4.78, 5) is 3.78. The van der Waals surface area contributed by atoms with Crippen LogP contribution in [-0.2, 0) is 23.4 Å². The molecule has 5 N–H and O–H groups in total. The van der Waals surface area contributed by atoms with Crippen LogP contribution in [0.3, 0.4) is 0 Å². The maximum atomic E-state index is 12.8. The number of nitrogens with zero attached hydrogens (tertiary/aromatic N) is 2. The molecule has 11 heteroatoms. The van der Waals surface area contributed by atoms with Crippen LogP contribution in [0, 0.1) is 4.78 Å². The summed E-state index contributed by atoms with van der Waals surface area (Å²) in [6.07, 6.45) is -0.695. The van der Waals surface area contributed by atoms with Gasteiger partial charge in [0.05, 0.1) is 16.6 Å². The number of halogens is 2. The molecule has 0 amide bonds. The summed E-state index contributed by atoms with van der Waals surface area (Å²) in [5, 5.41) is 23.1. The van der Waals surface area contributed by atoms with Gasteiger partial charge in [-0.25, -0.2) is 22.5 Å². The van der Waals surface area contributed by atoms with Crippen LogP contribution in [0.4, 0.5) is 14.5 Å². The van der Waals surface area contributed by atoms with E-state index in [1.807, 2.05) is 0 Å². The van der Waals surface area contributed by atoms with Crippen LogP contribution in [0.15, 0.2) is 41.8 Å². The molecular weight excluding hydrogens is 392 g/mol. The first-order chi connectivity index (χ1) is 13.1. The summed E-state index contributed by atoms with van der Waals surface area (Å²) in [5.74, 6) is -0.217. The number of alkyl halides is 2. The van der Waals surface area contributed by atoms with Crippen LogP contribution in [0.1, 0.15) is 36.0 Å². The summed E-state index contributed by atoms with van der Waals surface area (Å²) < 4.78 is 50.8. The Bertz CT molecular complexity index is 1010. The van der Waals surface area contributed by atoms with E-state index < -0.39 is 34.3 Å². The summed E-state index contributed by atoms with van der Waals surface area (Å²) >= 11 is 0. The Morgan fingerprint density at radius 3 is 2.93 bits per heavy atom. The molecule has 0 radical (unpaired) electrons. The molecule has 2 aromatic heterocycles. The van der Waals surface area contributed by atoms with Gasteiger partial charge >= 0.3 is 0 Å². The molecule has 8 nitrogen and oxygen atoms in total. The second-order valence-electron chi connectivity index (χ2n) is 6.54. The van der Waals surface area contributed by atoms with Crippen LogP contribution in [-0.4, -0.2) is 30.0 Å². The van der Waals surface area contributed by atoms with Crippen LogP contribution in [0.5, 0.6) is 0 Å². The highest BCUT2D eigenvalue weighted by molar-refractivity contribution is 7.90. The van der Waals surface area contributed by atoms with E-state index in [-0.39, 0.29) is 16.3 Å². The standard InChI is InChI=1S/C17H21F2N5O3S/c1-9(25)12-4-3-11-14(28(20,27)23-12)8-24(2)15(11)17(26)22-10-5-6-21-13(7-10)16(18)19/h5-8,12,16-17,25-26H,1,3-4H2,2H3,(H,21,22)(H2,20,23,27)/t12-,17?,28?/m1/s1. The molecule has 0 aromatic carbocycles.